The fourth-order valence-corrected chi connectivity index (χ4v) is 1.75. The molecule has 0 unspecified atom stereocenters. The molecular formula is C15H12F3NO. The first-order valence-corrected chi connectivity index (χ1v) is 6.04. The molecule has 0 spiro atoms. The second-order valence-corrected chi connectivity index (χ2v) is 4.30. The average Bonchev–Trinajstić information content (AvgIpc) is 2.40. The third-order valence-electron chi connectivity index (χ3n) is 2.73. The molecule has 2 aromatic rings. The number of carbonyl (C=O) groups excluding carboxylic acids is 1. The first kappa shape index (κ1) is 14.1. The first-order chi connectivity index (χ1) is 9.54. The normalized spacial score (nSPS) is 10.3. The average molecular weight is 279 g/mol. The van der Waals surface area contributed by atoms with E-state index in [1.54, 1.807) is 12.1 Å². The summed E-state index contributed by atoms with van der Waals surface area (Å²) in [5, 5.41) is 2.35. The monoisotopic (exact) mass is 279 g/mol. The third-order valence-corrected chi connectivity index (χ3v) is 2.73. The number of amides is 1. The summed E-state index contributed by atoms with van der Waals surface area (Å²) in [5.41, 5.74) is 0.607. The summed E-state index contributed by atoms with van der Waals surface area (Å²) < 4.78 is 39.0. The lowest BCUT2D eigenvalue weighted by molar-refractivity contribution is -0.116. The maximum Gasteiger partial charge on any atom is 0.224 e. The standard InChI is InChI=1S/C15H12F3NO/c16-11-3-1-2-10(8-11)4-7-15(20)19-14-6-5-12(17)9-13(14)18/h1-3,5-6,8-9H,4,7H2,(H,19,20). The van der Waals surface area contributed by atoms with E-state index in [0.717, 1.165) is 12.1 Å². The summed E-state index contributed by atoms with van der Waals surface area (Å²) in [6.07, 6.45) is 0.423. The Bertz CT molecular complexity index is 628. The minimum Gasteiger partial charge on any atom is -0.324 e. The summed E-state index contributed by atoms with van der Waals surface area (Å²) in [4.78, 5) is 11.6. The van der Waals surface area contributed by atoms with Gasteiger partial charge in [-0.25, -0.2) is 13.2 Å². The number of nitrogens with one attached hydrogen (secondary N) is 1. The zero-order chi connectivity index (χ0) is 14.5. The van der Waals surface area contributed by atoms with Crippen molar-refractivity contribution in [1.29, 1.82) is 0 Å². The topological polar surface area (TPSA) is 29.1 Å². The minimum absolute atomic E-state index is 0.0735. The molecule has 104 valence electrons. The third kappa shape index (κ3) is 3.85. The second-order valence-electron chi connectivity index (χ2n) is 4.30. The summed E-state index contributed by atoms with van der Waals surface area (Å²) in [6, 6.07) is 8.83. The van der Waals surface area contributed by atoms with Gasteiger partial charge in [0.2, 0.25) is 5.91 Å². The van der Waals surface area contributed by atoms with E-state index in [0.29, 0.717) is 18.1 Å². The highest BCUT2D eigenvalue weighted by atomic mass is 19.1. The van der Waals surface area contributed by atoms with E-state index in [1.165, 1.54) is 12.1 Å². The van der Waals surface area contributed by atoms with Crippen molar-refractivity contribution >= 4 is 11.6 Å². The van der Waals surface area contributed by atoms with Crippen molar-refractivity contribution in [3.63, 3.8) is 0 Å². The number of halogens is 3. The van der Waals surface area contributed by atoms with Crippen LogP contribution < -0.4 is 5.32 Å². The SMILES string of the molecule is O=C(CCc1cccc(F)c1)Nc1ccc(F)cc1F. The van der Waals surface area contributed by atoms with Gasteiger partial charge in [-0.05, 0) is 36.2 Å². The first-order valence-electron chi connectivity index (χ1n) is 6.04. The van der Waals surface area contributed by atoms with E-state index in [9.17, 15) is 18.0 Å². The van der Waals surface area contributed by atoms with Crippen LogP contribution in [0.1, 0.15) is 12.0 Å². The Morgan fingerprint density at radius 1 is 1.00 bits per heavy atom. The van der Waals surface area contributed by atoms with Crippen molar-refractivity contribution in [1.82, 2.24) is 0 Å². The van der Waals surface area contributed by atoms with Crippen LogP contribution in [-0.2, 0) is 11.2 Å². The Kier molecular flexibility index (Phi) is 4.40. The quantitative estimate of drug-likeness (QED) is 0.909. The lowest BCUT2D eigenvalue weighted by atomic mass is 10.1. The van der Waals surface area contributed by atoms with Gasteiger partial charge in [0.1, 0.15) is 17.5 Å². The fraction of sp³-hybridized carbons (Fsp3) is 0.133. The molecule has 1 N–H and O–H groups in total. The highest BCUT2D eigenvalue weighted by Crippen LogP contribution is 2.15. The summed E-state index contributed by atoms with van der Waals surface area (Å²) in [7, 11) is 0. The Hall–Kier alpha value is -2.30. The number of carbonyl (C=O) groups is 1. The van der Waals surface area contributed by atoms with Crippen LogP contribution in [0.25, 0.3) is 0 Å². The zero-order valence-electron chi connectivity index (χ0n) is 10.5. The molecule has 20 heavy (non-hydrogen) atoms. The molecule has 0 bridgehead atoms. The molecular weight excluding hydrogens is 267 g/mol. The maximum atomic E-state index is 13.3. The van der Waals surface area contributed by atoms with Gasteiger partial charge in [-0.3, -0.25) is 4.79 Å². The molecule has 0 saturated carbocycles. The lowest BCUT2D eigenvalue weighted by Gasteiger charge is -2.06. The molecule has 0 heterocycles. The fourth-order valence-electron chi connectivity index (χ4n) is 1.75. The molecule has 0 aliphatic heterocycles. The van der Waals surface area contributed by atoms with Gasteiger partial charge >= 0.3 is 0 Å². The lowest BCUT2D eigenvalue weighted by Crippen LogP contribution is -2.13. The van der Waals surface area contributed by atoms with Gasteiger partial charge in [0.25, 0.3) is 0 Å². The molecule has 2 aromatic carbocycles. The van der Waals surface area contributed by atoms with Crippen molar-refractivity contribution in [3.05, 3.63) is 65.5 Å². The molecule has 5 heteroatoms. The molecule has 0 aliphatic carbocycles. The summed E-state index contributed by atoms with van der Waals surface area (Å²) >= 11 is 0. The molecule has 0 aliphatic rings. The van der Waals surface area contributed by atoms with E-state index >= 15 is 0 Å². The van der Waals surface area contributed by atoms with Gasteiger partial charge < -0.3 is 5.32 Å². The van der Waals surface area contributed by atoms with Gasteiger partial charge in [0, 0.05) is 12.5 Å². The van der Waals surface area contributed by atoms with Gasteiger partial charge in [-0.1, -0.05) is 12.1 Å². The largest absolute Gasteiger partial charge is 0.324 e. The van der Waals surface area contributed by atoms with Crippen LogP contribution in [0, 0.1) is 17.5 Å². The summed E-state index contributed by atoms with van der Waals surface area (Å²) in [6.45, 7) is 0. The van der Waals surface area contributed by atoms with Crippen LogP contribution in [0.3, 0.4) is 0 Å². The van der Waals surface area contributed by atoms with E-state index in [4.69, 9.17) is 0 Å². The number of hydrogen-bond donors (Lipinski definition) is 1. The molecule has 0 atom stereocenters. The van der Waals surface area contributed by atoms with Crippen LogP contribution in [0.5, 0.6) is 0 Å². The number of benzene rings is 2. The molecule has 0 aromatic heterocycles. The van der Waals surface area contributed by atoms with Crippen molar-refractivity contribution in [2.45, 2.75) is 12.8 Å². The Morgan fingerprint density at radius 3 is 2.45 bits per heavy atom. The van der Waals surface area contributed by atoms with Crippen LogP contribution >= 0.6 is 0 Å². The number of hydrogen-bond acceptors (Lipinski definition) is 1. The summed E-state index contributed by atoms with van der Waals surface area (Å²) in [5.74, 6) is -2.32. The van der Waals surface area contributed by atoms with Crippen LogP contribution in [-0.4, -0.2) is 5.91 Å². The zero-order valence-corrected chi connectivity index (χ0v) is 10.5. The number of aryl methyl sites for hydroxylation is 1. The van der Waals surface area contributed by atoms with Gasteiger partial charge in [0.05, 0.1) is 5.69 Å². The predicted molar refractivity (Wildman–Crippen MR) is 69.7 cm³/mol. The Morgan fingerprint density at radius 2 is 1.75 bits per heavy atom. The van der Waals surface area contributed by atoms with Crippen molar-refractivity contribution in [3.8, 4) is 0 Å². The van der Waals surface area contributed by atoms with Crippen molar-refractivity contribution in [2.75, 3.05) is 5.32 Å². The molecule has 1 amide bonds. The van der Waals surface area contributed by atoms with Gasteiger partial charge in [0.15, 0.2) is 0 Å². The second kappa shape index (κ2) is 6.23. The van der Waals surface area contributed by atoms with E-state index in [2.05, 4.69) is 5.32 Å². The van der Waals surface area contributed by atoms with Crippen molar-refractivity contribution in [2.24, 2.45) is 0 Å². The highest BCUT2D eigenvalue weighted by Gasteiger charge is 2.08. The molecule has 0 radical (unpaired) electrons. The smallest absolute Gasteiger partial charge is 0.224 e. The van der Waals surface area contributed by atoms with E-state index < -0.39 is 17.5 Å². The van der Waals surface area contributed by atoms with Gasteiger partial charge in [-0.2, -0.15) is 0 Å². The van der Waals surface area contributed by atoms with Crippen LogP contribution in [0.4, 0.5) is 18.9 Å². The number of anilines is 1. The molecule has 0 fully saturated rings. The maximum absolute atomic E-state index is 13.3. The van der Waals surface area contributed by atoms with Crippen molar-refractivity contribution < 1.29 is 18.0 Å². The van der Waals surface area contributed by atoms with Crippen LogP contribution in [0.15, 0.2) is 42.5 Å². The van der Waals surface area contributed by atoms with Crippen LogP contribution in [0.2, 0.25) is 0 Å². The minimum atomic E-state index is -0.830. The predicted octanol–water partition coefficient (Wildman–Crippen LogP) is 3.68. The highest BCUT2D eigenvalue weighted by molar-refractivity contribution is 5.90. The molecule has 2 rings (SSSR count). The molecule has 0 saturated heterocycles. The van der Waals surface area contributed by atoms with Gasteiger partial charge in [-0.15, -0.1) is 0 Å². The van der Waals surface area contributed by atoms with E-state index in [1.807, 2.05) is 0 Å². The number of rotatable bonds is 4. The van der Waals surface area contributed by atoms with E-state index in [-0.39, 0.29) is 17.9 Å². The Labute approximate surface area is 114 Å². The molecule has 2 nitrogen and oxygen atoms in total. The Balaban J connectivity index is 1.92.